The van der Waals surface area contributed by atoms with E-state index in [1.165, 1.54) is 18.5 Å². The minimum Gasteiger partial charge on any atom is -0.393 e. The van der Waals surface area contributed by atoms with Gasteiger partial charge >= 0.3 is 0 Å². The molecule has 1 N–H and O–H groups in total. The Bertz CT molecular complexity index is 607. The maximum atomic E-state index is 10.1. The van der Waals surface area contributed by atoms with Gasteiger partial charge in [0.25, 0.3) is 0 Å². The van der Waals surface area contributed by atoms with Gasteiger partial charge in [-0.1, -0.05) is 18.9 Å². The SMILES string of the molecule is Cc1nc2ccccn2c1CN(C)CC1CCCCC1O. The quantitative estimate of drug-likeness (QED) is 0.940. The highest BCUT2D eigenvalue weighted by Crippen LogP contribution is 2.25. The standard InChI is InChI=1S/C17H25N3O/c1-13-15(20-10-6-5-9-17(20)18-13)12-19(2)11-14-7-3-4-8-16(14)21/h5-6,9-10,14,16,21H,3-4,7-8,11-12H2,1-2H3. The minimum absolute atomic E-state index is 0.121. The van der Waals surface area contributed by atoms with Crippen LogP contribution in [0, 0.1) is 12.8 Å². The lowest BCUT2D eigenvalue weighted by Gasteiger charge is -2.31. The molecule has 2 atom stereocenters. The van der Waals surface area contributed by atoms with Gasteiger partial charge in [-0.05, 0) is 44.9 Å². The number of aliphatic hydroxyl groups is 1. The van der Waals surface area contributed by atoms with E-state index in [1.807, 2.05) is 18.2 Å². The Balaban J connectivity index is 1.71. The Morgan fingerprint density at radius 1 is 1.33 bits per heavy atom. The predicted octanol–water partition coefficient (Wildman–Crippen LogP) is 2.63. The van der Waals surface area contributed by atoms with Crippen LogP contribution in [0.3, 0.4) is 0 Å². The van der Waals surface area contributed by atoms with Gasteiger partial charge < -0.3 is 14.4 Å². The maximum absolute atomic E-state index is 10.1. The number of imidazole rings is 1. The zero-order valence-electron chi connectivity index (χ0n) is 13.0. The molecular weight excluding hydrogens is 262 g/mol. The molecule has 2 aromatic heterocycles. The highest BCUT2D eigenvalue weighted by molar-refractivity contribution is 5.42. The van der Waals surface area contributed by atoms with Gasteiger partial charge in [-0.3, -0.25) is 0 Å². The van der Waals surface area contributed by atoms with E-state index < -0.39 is 0 Å². The molecule has 1 saturated carbocycles. The molecule has 0 radical (unpaired) electrons. The van der Waals surface area contributed by atoms with Crippen LogP contribution in [0.4, 0.5) is 0 Å². The van der Waals surface area contributed by atoms with Crippen molar-refractivity contribution in [2.45, 2.75) is 45.3 Å². The summed E-state index contributed by atoms with van der Waals surface area (Å²) in [5, 5.41) is 10.1. The van der Waals surface area contributed by atoms with Gasteiger partial charge in [-0.15, -0.1) is 0 Å². The second kappa shape index (κ2) is 6.16. The summed E-state index contributed by atoms with van der Waals surface area (Å²) in [5.41, 5.74) is 3.35. The zero-order valence-corrected chi connectivity index (χ0v) is 13.0. The van der Waals surface area contributed by atoms with Gasteiger partial charge in [0.2, 0.25) is 0 Å². The third-order valence-electron chi connectivity index (χ3n) is 4.66. The van der Waals surface area contributed by atoms with Crippen molar-refractivity contribution >= 4 is 5.65 Å². The average Bonchev–Trinajstić information content (AvgIpc) is 2.78. The minimum atomic E-state index is -0.121. The predicted molar refractivity (Wildman–Crippen MR) is 84.2 cm³/mol. The van der Waals surface area contributed by atoms with E-state index in [2.05, 4.69) is 34.5 Å². The van der Waals surface area contributed by atoms with E-state index in [-0.39, 0.29) is 6.10 Å². The third kappa shape index (κ3) is 3.11. The molecule has 21 heavy (non-hydrogen) atoms. The summed E-state index contributed by atoms with van der Waals surface area (Å²) in [5.74, 6) is 0.420. The second-order valence-corrected chi connectivity index (χ2v) is 6.38. The topological polar surface area (TPSA) is 40.8 Å². The Morgan fingerprint density at radius 3 is 2.95 bits per heavy atom. The number of aliphatic hydroxyl groups excluding tert-OH is 1. The molecule has 2 unspecified atom stereocenters. The zero-order chi connectivity index (χ0) is 14.8. The normalized spacial score (nSPS) is 23.0. The first kappa shape index (κ1) is 14.5. The van der Waals surface area contributed by atoms with E-state index in [4.69, 9.17) is 0 Å². The molecule has 4 nitrogen and oxygen atoms in total. The van der Waals surface area contributed by atoms with Crippen LogP contribution < -0.4 is 0 Å². The number of hydrogen-bond acceptors (Lipinski definition) is 3. The van der Waals surface area contributed by atoms with Crippen LogP contribution in [0.1, 0.15) is 37.1 Å². The molecule has 1 fully saturated rings. The molecule has 0 bridgehead atoms. The lowest BCUT2D eigenvalue weighted by Crippen LogP contribution is -2.35. The molecule has 2 heterocycles. The van der Waals surface area contributed by atoms with Crippen LogP contribution in [-0.2, 0) is 6.54 Å². The third-order valence-corrected chi connectivity index (χ3v) is 4.66. The van der Waals surface area contributed by atoms with Gasteiger partial charge in [-0.25, -0.2) is 4.98 Å². The summed E-state index contributed by atoms with van der Waals surface area (Å²) in [4.78, 5) is 6.94. The Kier molecular flexibility index (Phi) is 4.27. The molecule has 2 aromatic rings. The van der Waals surface area contributed by atoms with E-state index >= 15 is 0 Å². The lowest BCUT2D eigenvalue weighted by atomic mass is 9.86. The fourth-order valence-electron chi connectivity index (χ4n) is 3.48. The largest absolute Gasteiger partial charge is 0.393 e. The van der Waals surface area contributed by atoms with E-state index in [1.54, 1.807) is 0 Å². The Labute approximate surface area is 126 Å². The highest BCUT2D eigenvalue weighted by Gasteiger charge is 2.24. The fraction of sp³-hybridized carbons (Fsp3) is 0.588. The van der Waals surface area contributed by atoms with Gasteiger partial charge in [0.05, 0.1) is 17.5 Å². The number of pyridine rings is 1. The first-order chi connectivity index (χ1) is 10.1. The molecule has 0 aromatic carbocycles. The molecule has 1 aliphatic rings. The fourth-order valence-corrected chi connectivity index (χ4v) is 3.48. The van der Waals surface area contributed by atoms with Crippen LogP contribution in [0.15, 0.2) is 24.4 Å². The van der Waals surface area contributed by atoms with Gasteiger partial charge in [-0.2, -0.15) is 0 Å². The molecular formula is C17H25N3O. The highest BCUT2D eigenvalue weighted by atomic mass is 16.3. The monoisotopic (exact) mass is 287 g/mol. The molecule has 0 amide bonds. The van der Waals surface area contributed by atoms with E-state index in [9.17, 15) is 5.11 Å². The van der Waals surface area contributed by atoms with Crippen molar-refractivity contribution in [1.29, 1.82) is 0 Å². The lowest BCUT2D eigenvalue weighted by molar-refractivity contribution is 0.0499. The van der Waals surface area contributed by atoms with Crippen LogP contribution in [0.5, 0.6) is 0 Å². The summed E-state index contributed by atoms with van der Waals surface area (Å²) >= 11 is 0. The van der Waals surface area contributed by atoms with Crippen molar-refractivity contribution in [2.24, 2.45) is 5.92 Å². The number of rotatable bonds is 4. The Hall–Kier alpha value is -1.39. The molecule has 3 rings (SSSR count). The Morgan fingerprint density at radius 2 is 2.14 bits per heavy atom. The first-order valence-electron chi connectivity index (χ1n) is 7.94. The van der Waals surface area contributed by atoms with Crippen molar-refractivity contribution in [3.8, 4) is 0 Å². The van der Waals surface area contributed by atoms with Crippen molar-refractivity contribution in [1.82, 2.24) is 14.3 Å². The van der Waals surface area contributed by atoms with E-state index in [0.717, 1.165) is 37.3 Å². The second-order valence-electron chi connectivity index (χ2n) is 6.38. The van der Waals surface area contributed by atoms with Crippen LogP contribution in [0.2, 0.25) is 0 Å². The van der Waals surface area contributed by atoms with Crippen LogP contribution in [-0.4, -0.2) is 39.1 Å². The van der Waals surface area contributed by atoms with Gasteiger partial charge in [0, 0.05) is 19.3 Å². The van der Waals surface area contributed by atoms with Crippen molar-refractivity contribution in [3.63, 3.8) is 0 Å². The van der Waals surface area contributed by atoms with E-state index in [0.29, 0.717) is 5.92 Å². The molecule has 0 saturated heterocycles. The summed E-state index contributed by atoms with van der Waals surface area (Å²) < 4.78 is 2.17. The summed E-state index contributed by atoms with van der Waals surface area (Å²) in [6, 6.07) is 6.11. The van der Waals surface area contributed by atoms with Crippen LogP contribution >= 0.6 is 0 Å². The molecule has 1 aliphatic carbocycles. The summed E-state index contributed by atoms with van der Waals surface area (Å²) in [6.45, 7) is 3.91. The van der Waals surface area contributed by atoms with Crippen molar-refractivity contribution in [2.75, 3.05) is 13.6 Å². The van der Waals surface area contributed by atoms with Gasteiger partial charge in [0.15, 0.2) is 0 Å². The van der Waals surface area contributed by atoms with Crippen molar-refractivity contribution < 1.29 is 5.11 Å². The van der Waals surface area contributed by atoms with Crippen LogP contribution in [0.25, 0.3) is 5.65 Å². The maximum Gasteiger partial charge on any atom is 0.137 e. The number of aryl methyl sites for hydroxylation is 1. The number of hydrogen-bond donors (Lipinski definition) is 1. The number of nitrogens with zero attached hydrogens (tertiary/aromatic N) is 3. The molecule has 114 valence electrons. The smallest absolute Gasteiger partial charge is 0.137 e. The summed E-state index contributed by atoms with van der Waals surface area (Å²) in [6.07, 6.45) is 6.50. The first-order valence-corrected chi connectivity index (χ1v) is 7.94. The number of aromatic nitrogens is 2. The molecule has 0 spiro atoms. The van der Waals surface area contributed by atoms with Gasteiger partial charge in [0.1, 0.15) is 5.65 Å². The summed E-state index contributed by atoms with van der Waals surface area (Å²) in [7, 11) is 2.14. The number of fused-ring (bicyclic) bond motifs is 1. The molecule has 0 aliphatic heterocycles. The average molecular weight is 287 g/mol. The van der Waals surface area contributed by atoms with Crippen molar-refractivity contribution in [3.05, 3.63) is 35.8 Å². The molecule has 4 heteroatoms.